The molecule has 1 aliphatic carbocycles. The molecule has 0 radical (unpaired) electrons. The molecule has 2 N–H and O–H groups in total. The highest BCUT2D eigenvalue weighted by Gasteiger charge is 2.16. The molecule has 0 saturated carbocycles. The molecule has 3 fully saturated rings. The molecule has 0 bridgehead atoms. The molecule has 0 spiro atoms. The number of aryl methyl sites for hydroxylation is 1. The Morgan fingerprint density at radius 1 is 0.692 bits per heavy atom. The van der Waals surface area contributed by atoms with Crippen LogP contribution in [0.3, 0.4) is 0 Å². The van der Waals surface area contributed by atoms with Crippen LogP contribution in [0.5, 0.6) is 11.5 Å². The smallest absolute Gasteiger partial charge is 0.155 e. The highest BCUT2D eigenvalue weighted by Crippen LogP contribution is 2.32. The van der Waals surface area contributed by atoms with Gasteiger partial charge in [0.25, 0.3) is 0 Å². The molecule has 10 heteroatoms. The first-order valence-electron chi connectivity index (χ1n) is 19.0. The maximum absolute atomic E-state index is 10.3. The van der Waals surface area contributed by atoms with E-state index in [2.05, 4.69) is 62.1 Å². The van der Waals surface area contributed by atoms with Crippen molar-refractivity contribution in [3.05, 3.63) is 88.6 Å². The van der Waals surface area contributed by atoms with Crippen LogP contribution < -0.4 is 20.1 Å². The van der Waals surface area contributed by atoms with Crippen LogP contribution in [0.25, 0.3) is 22.6 Å². The number of hydrogen-bond acceptors (Lipinski definition) is 10. The first-order chi connectivity index (χ1) is 25.4. The van der Waals surface area contributed by atoms with Gasteiger partial charge in [-0.05, 0) is 125 Å². The predicted octanol–water partition coefficient (Wildman–Crippen LogP) is 9.31. The zero-order valence-electron chi connectivity index (χ0n) is 30.6. The number of aromatic hydroxyl groups is 2. The first kappa shape index (κ1) is 36.7. The van der Waals surface area contributed by atoms with E-state index in [9.17, 15) is 15.1 Å². The highest BCUT2D eigenvalue weighted by molar-refractivity contribution is 5.80. The van der Waals surface area contributed by atoms with Crippen LogP contribution in [0.2, 0.25) is 0 Å². The summed E-state index contributed by atoms with van der Waals surface area (Å²) in [6.45, 7) is 11.4. The number of aromatic nitrogens is 1. The van der Waals surface area contributed by atoms with Crippen molar-refractivity contribution in [1.82, 2.24) is 4.98 Å². The topological polar surface area (TPSA) is 118 Å². The van der Waals surface area contributed by atoms with E-state index in [-0.39, 0.29) is 11.4 Å². The first-order valence-corrected chi connectivity index (χ1v) is 19.0. The van der Waals surface area contributed by atoms with E-state index in [1.807, 2.05) is 31.2 Å². The van der Waals surface area contributed by atoms with Crippen molar-refractivity contribution in [2.24, 2.45) is 10.2 Å². The lowest BCUT2D eigenvalue weighted by molar-refractivity contribution is 0.474. The molecule has 52 heavy (non-hydrogen) atoms. The molecule has 3 aromatic rings. The number of piperidine rings is 3. The summed E-state index contributed by atoms with van der Waals surface area (Å²) < 4.78 is 6.17. The molecular formula is C42H52N6O4. The molecule has 10 nitrogen and oxygen atoms in total. The molecule has 4 aliphatic heterocycles. The van der Waals surface area contributed by atoms with Crippen molar-refractivity contribution in [2.75, 3.05) is 60.5 Å². The van der Waals surface area contributed by atoms with Gasteiger partial charge in [0.05, 0.1) is 5.36 Å². The lowest BCUT2D eigenvalue weighted by atomic mass is 10.1. The fourth-order valence-electron chi connectivity index (χ4n) is 7.23. The van der Waals surface area contributed by atoms with E-state index in [0.717, 1.165) is 90.7 Å². The number of benzene rings is 4. The van der Waals surface area contributed by atoms with Gasteiger partial charge in [0, 0.05) is 87.1 Å². The van der Waals surface area contributed by atoms with Gasteiger partial charge in [-0.3, -0.25) is 4.99 Å². The normalized spacial score (nSPS) is 16.6. The molecule has 4 heterocycles. The van der Waals surface area contributed by atoms with E-state index in [1.54, 1.807) is 18.2 Å². The molecule has 3 saturated heterocycles. The van der Waals surface area contributed by atoms with Gasteiger partial charge >= 0.3 is 0 Å². The molecule has 8 rings (SSSR count). The molecule has 0 unspecified atom stereocenters. The van der Waals surface area contributed by atoms with Crippen molar-refractivity contribution >= 4 is 33.8 Å². The number of hydrogen-bond donors (Lipinski definition) is 2. The van der Waals surface area contributed by atoms with Crippen LogP contribution in [0, 0.1) is 11.8 Å². The minimum absolute atomic E-state index is 0.0342. The number of nitroso groups, excluding NO2 is 1. The Hall–Kier alpha value is -5.12. The minimum atomic E-state index is -0.0342. The maximum Gasteiger partial charge on any atom is 0.155 e. The van der Waals surface area contributed by atoms with E-state index < -0.39 is 0 Å². The highest BCUT2D eigenvalue weighted by atomic mass is 16.3. The fraction of sp³-hybridized carbons (Fsp3) is 0.429. The largest absolute Gasteiger partial charge is 0.508 e. The Morgan fingerprint density at radius 2 is 1.27 bits per heavy atom. The number of anilines is 3. The fourth-order valence-corrected chi connectivity index (χ4v) is 7.23. The summed E-state index contributed by atoms with van der Waals surface area (Å²) in [5.74, 6) is 1.13. The standard InChI is InChI=1S/C20H23N3O.C11H14N2O2.C11H15NO/c1-3-21-17-13-20-18(11-14(17)2)22-16-8-7-15(12-19(16)24-20)23-9-5-4-6-10-23;14-11-8-9(4-5-10(11)12-15)13-6-2-1-3-7-13;13-11-6-4-5-10(9-11)12-7-2-1-3-8-12/h7-8,11-13H,3-6,9-10H2,1-2H3;4-5,8,14H,1-3,6-7H2;4-6,9,13H,1-3,7-8H2. The lowest BCUT2D eigenvalue weighted by Crippen LogP contribution is -2.29. The third-order valence-corrected chi connectivity index (χ3v) is 10.1. The molecule has 5 aliphatic rings. The molecular weight excluding hydrogens is 652 g/mol. The van der Waals surface area contributed by atoms with Gasteiger partial charge < -0.3 is 29.3 Å². The third-order valence-electron chi connectivity index (χ3n) is 10.1. The van der Waals surface area contributed by atoms with Gasteiger partial charge in [0.1, 0.15) is 28.4 Å². The summed E-state index contributed by atoms with van der Waals surface area (Å²) in [4.78, 5) is 26.6. The number of phenolic OH excluding ortho intramolecular Hbond substituents is 2. The van der Waals surface area contributed by atoms with Gasteiger partial charge in [0.15, 0.2) is 11.3 Å². The molecule has 0 atom stereocenters. The van der Waals surface area contributed by atoms with E-state index in [0.29, 0.717) is 5.75 Å². The second-order valence-corrected chi connectivity index (χ2v) is 13.9. The summed E-state index contributed by atoms with van der Waals surface area (Å²) in [6.07, 6.45) is 11.4. The Labute approximate surface area is 306 Å². The molecule has 0 aromatic heterocycles. The van der Waals surface area contributed by atoms with Crippen molar-refractivity contribution in [3.63, 3.8) is 0 Å². The zero-order valence-corrected chi connectivity index (χ0v) is 30.6. The summed E-state index contributed by atoms with van der Waals surface area (Å²) in [6, 6.07) is 23.0. The Bertz CT molecular complexity index is 1960. The minimum Gasteiger partial charge on any atom is -0.508 e. The van der Waals surface area contributed by atoms with Crippen LogP contribution in [-0.4, -0.2) is 61.0 Å². The monoisotopic (exact) mass is 704 g/mol. The van der Waals surface area contributed by atoms with Crippen molar-refractivity contribution in [1.29, 1.82) is 0 Å². The molecule has 0 amide bonds. The Balaban J connectivity index is 0.000000143. The molecule has 274 valence electrons. The third kappa shape index (κ3) is 9.40. The van der Waals surface area contributed by atoms with Gasteiger partial charge in [-0.25, -0.2) is 4.98 Å². The SMILES string of the molecule is CCN=c1cc2oc3cc(N4CCCCC4)ccc3nc-2cc1C.O=Nc1ccc(N2CCCCC2)cc1O.Oc1cccc(N2CCCCC2)c1. The van der Waals surface area contributed by atoms with Crippen LogP contribution in [0.1, 0.15) is 70.3 Å². The van der Waals surface area contributed by atoms with E-state index >= 15 is 0 Å². The maximum atomic E-state index is 10.3. The average molecular weight is 705 g/mol. The summed E-state index contributed by atoms with van der Waals surface area (Å²) in [5, 5.41) is 22.5. The second-order valence-electron chi connectivity index (χ2n) is 13.9. The summed E-state index contributed by atoms with van der Waals surface area (Å²) in [7, 11) is 0. The zero-order chi connectivity index (χ0) is 36.3. The van der Waals surface area contributed by atoms with E-state index in [1.165, 1.54) is 63.5 Å². The van der Waals surface area contributed by atoms with Crippen molar-refractivity contribution in [3.8, 4) is 23.0 Å². The van der Waals surface area contributed by atoms with Crippen LogP contribution >= 0.6 is 0 Å². The van der Waals surface area contributed by atoms with Crippen molar-refractivity contribution in [2.45, 2.75) is 71.6 Å². The quantitative estimate of drug-likeness (QED) is 0.137. The van der Waals surface area contributed by atoms with E-state index in [4.69, 9.17) is 9.40 Å². The second kappa shape index (κ2) is 17.9. The summed E-state index contributed by atoms with van der Waals surface area (Å²) in [5.41, 5.74) is 7.24. The van der Waals surface area contributed by atoms with Gasteiger partial charge in [-0.15, -0.1) is 4.91 Å². The van der Waals surface area contributed by atoms with Gasteiger partial charge in [-0.2, -0.15) is 0 Å². The van der Waals surface area contributed by atoms with Gasteiger partial charge in [0.2, 0.25) is 0 Å². The van der Waals surface area contributed by atoms with Crippen LogP contribution in [0.15, 0.2) is 87.4 Å². The predicted molar refractivity (Wildman–Crippen MR) is 211 cm³/mol. The molecule has 3 aromatic carbocycles. The van der Waals surface area contributed by atoms with Crippen LogP contribution in [0.4, 0.5) is 22.7 Å². The lowest BCUT2D eigenvalue weighted by Gasteiger charge is -2.28. The Kier molecular flexibility index (Phi) is 12.6. The average Bonchev–Trinajstić information content (AvgIpc) is 3.19. The van der Waals surface area contributed by atoms with Crippen LogP contribution in [-0.2, 0) is 0 Å². The summed E-state index contributed by atoms with van der Waals surface area (Å²) >= 11 is 0. The Morgan fingerprint density at radius 3 is 1.83 bits per heavy atom. The number of phenols is 2. The van der Waals surface area contributed by atoms with Gasteiger partial charge in [-0.1, -0.05) is 6.07 Å². The number of fused-ring (bicyclic) bond motifs is 2. The number of rotatable bonds is 5. The number of nitrogens with zero attached hydrogens (tertiary/aromatic N) is 6. The van der Waals surface area contributed by atoms with Crippen molar-refractivity contribution < 1.29 is 14.6 Å².